The van der Waals surface area contributed by atoms with Crippen LogP contribution in [0.2, 0.25) is 0 Å². The lowest BCUT2D eigenvalue weighted by Gasteiger charge is -2.19. The van der Waals surface area contributed by atoms with Gasteiger partial charge in [-0.15, -0.1) is 0 Å². The monoisotopic (exact) mass is 343 g/mol. The van der Waals surface area contributed by atoms with E-state index in [0.29, 0.717) is 22.7 Å². The molecule has 0 aliphatic carbocycles. The summed E-state index contributed by atoms with van der Waals surface area (Å²) >= 11 is 0. The van der Waals surface area contributed by atoms with Crippen molar-refractivity contribution in [1.29, 1.82) is 0 Å². The van der Waals surface area contributed by atoms with Crippen LogP contribution in [0.15, 0.2) is 24.3 Å². The Morgan fingerprint density at radius 2 is 1.80 bits per heavy atom. The minimum Gasteiger partial charge on any atom is -0.487 e. The molecule has 0 aliphatic heterocycles. The molecule has 0 spiro atoms. The highest BCUT2D eigenvalue weighted by molar-refractivity contribution is 5.91. The standard InChI is InChI=1S/C19H25N3O3/c1-6-24-17(23)16-12(2)21-18(20)22-15(16)11-25-14-9-7-13(8-10-14)19(3,4)5/h7-10H,6,11H2,1-5H3,(H2,20,21,22). The number of carbonyl (C=O) groups is 1. The third-order valence-electron chi connectivity index (χ3n) is 3.76. The third-order valence-corrected chi connectivity index (χ3v) is 3.76. The van der Waals surface area contributed by atoms with Crippen LogP contribution < -0.4 is 10.5 Å². The maximum Gasteiger partial charge on any atom is 0.341 e. The van der Waals surface area contributed by atoms with Gasteiger partial charge >= 0.3 is 5.97 Å². The first-order valence-corrected chi connectivity index (χ1v) is 8.25. The molecule has 6 nitrogen and oxygen atoms in total. The Labute approximate surface area is 148 Å². The Morgan fingerprint density at radius 3 is 2.36 bits per heavy atom. The van der Waals surface area contributed by atoms with Gasteiger partial charge in [0.05, 0.1) is 18.0 Å². The second-order valence-corrected chi connectivity index (χ2v) is 6.77. The number of esters is 1. The topological polar surface area (TPSA) is 87.3 Å². The van der Waals surface area contributed by atoms with Crippen molar-refractivity contribution in [2.45, 2.75) is 46.6 Å². The van der Waals surface area contributed by atoms with E-state index in [1.807, 2.05) is 24.3 Å². The van der Waals surface area contributed by atoms with Gasteiger partial charge in [0.1, 0.15) is 17.9 Å². The van der Waals surface area contributed by atoms with Gasteiger partial charge in [0.25, 0.3) is 0 Å². The zero-order valence-corrected chi connectivity index (χ0v) is 15.4. The summed E-state index contributed by atoms with van der Waals surface area (Å²) in [5.41, 5.74) is 8.21. The van der Waals surface area contributed by atoms with Crippen LogP contribution in [0, 0.1) is 6.92 Å². The number of aromatic nitrogens is 2. The lowest BCUT2D eigenvalue weighted by atomic mass is 9.87. The first kappa shape index (κ1) is 18.7. The highest BCUT2D eigenvalue weighted by Crippen LogP contribution is 2.25. The van der Waals surface area contributed by atoms with Crippen molar-refractivity contribution < 1.29 is 14.3 Å². The van der Waals surface area contributed by atoms with Crippen LogP contribution >= 0.6 is 0 Å². The largest absolute Gasteiger partial charge is 0.487 e. The molecule has 0 atom stereocenters. The van der Waals surface area contributed by atoms with Crippen molar-refractivity contribution in [3.05, 3.63) is 46.8 Å². The van der Waals surface area contributed by atoms with E-state index in [0.717, 1.165) is 0 Å². The molecule has 6 heteroatoms. The van der Waals surface area contributed by atoms with E-state index in [2.05, 4.69) is 30.7 Å². The van der Waals surface area contributed by atoms with Gasteiger partial charge in [-0.05, 0) is 37.0 Å². The second kappa shape index (κ2) is 7.51. The van der Waals surface area contributed by atoms with Gasteiger partial charge in [0.15, 0.2) is 0 Å². The summed E-state index contributed by atoms with van der Waals surface area (Å²) in [6, 6.07) is 7.87. The van der Waals surface area contributed by atoms with E-state index in [9.17, 15) is 4.79 Å². The van der Waals surface area contributed by atoms with Crippen molar-refractivity contribution in [3.63, 3.8) is 0 Å². The highest BCUT2D eigenvalue weighted by Gasteiger charge is 2.20. The number of nitrogen functional groups attached to an aromatic ring is 1. The molecule has 25 heavy (non-hydrogen) atoms. The summed E-state index contributed by atoms with van der Waals surface area (Å²) in [5.74, 6) is 0.326. The SMILES string of the molecule is CCOC(=O)c1c(C)nc(N)nc1COc1ccc(C(C)(C)C)cc1. The molecule has 0 saturated heterocycles. The molecule has 2 aromatic rings. The van der Waals surface area contributed by atoms with Crippen LogP contribution in [0.1, 0.15) is 55.0 Å². The van der Waals surface area contributed by atoms with Crippen molar-refractivity contribution in [3.8, 4) is 5.75 Å². The minimum absolute atomic E-state index is 0.0772. The van der Waals surface area contributed by atoms with Crippen LogP contribution in [0.5, 0.6) is 5.75 Å². The number of hydrogen-bond donors (Lipinski definition) is 1. The van der Waals surface area contributed by atoms with Gasteiger partial charge in [-0.1, -0.05) is 32.9 Å². The summed E-state index contributed by atoms with van der Waals surface area (Å²) in [5, 5.41) is 0. The fraction of sp³-hybridized carbons (Fsp3) is 0.421. The molecule has 0 radical (unpaired) electrons. The molecular formula is C19H25N3O3. The summed E-state index contributed by atoms with van der Waals surface area (Å²) < 4.78 is 10.9. The molecule has 134 valence electrons. The summed E-state index contributed by atoms with van der Waals surface area (Å²) in [4.78, 5) is 20.4. The normalized spacial score (nSPS) is 11.2. The average molecular weight is 343 g/mol. The molecule has 0 amide bonds. The maximum atomic E-state index is 12.2. The lowest BCUT2D eigenvalue weighted by Crippen LogP contribution is -2.16. The van der Waals surface area contributed by atoms with E-state index in [4.69, 9.17) is 15.2 Å². The predicted molar refractivity (Wildman–Crippen MR) is 96.6 cm³/mol. The summed E-state index contributed by atoms with van der Waals surface area (Å²) in [7, 11) is 0. The van der Waals surface area contributed by atoms with Crippen LogP contribution in [0.4, 0.5) is 5.95 Å². The fourth-order valence-corrected chi connectivity index (χ4v) is 2.43. The number of nitrogens with zero attached hydrogens (tertiary/aromatic N) is 2. The number of ether oxygens (including phenoxy) is 2. The molecule has 2 N–H and O–H groups in total. The van der Waals surface area contributed by atoms with E-state index in [1.54, 1.807) is 13.8 Å². The Kier molecular flexibility index (Phi) is 5.62. The van der Waals surface area contributed by atoms with Crippen molar-refractivity contribution in [2.75, 3.05) is 12.3 Å². The Bertz CT molecular complexity index is 750. The van der Waals surface area contributed by atoms with Crippen LogP contribution in [0.3, 0.4) is 0 Å². The molecule has 1 aromatic heterocycles. The predicted octanol–water partition coefficient (Wildman–Crippen LogP) is 3.42. The van der Waals surface area contributed by atoms with Gasteiger partial charge in [-0.3, -0.25) is 0 Å². The van der Waals surface area contributed by atoms with Crippen molar-refractivity contribution >= 4 is 11.9 Å². The van der Waals surface area contributed by atoms with Crippen molar-refractivity contribution in [2.24, 2.45) is 0 Å². The zero-order chi connectivity index (χ0) is 18.6. The number of aryl methyl sites for hydroxylation is 1. The number of hydrogen-bond acceptors (Lipinski definition) is 6. The molecular weight excluding hydrogens is 318 g/mol. The van der Waals surface area contributed by atoms with Gasteiger partial charge in [0.2, 0.25) is 5.95 Å². The molecule has 0 saturated carbocycles. The minimum atomic E-state index is -0.471. The highest BCUT2D eigenvalue weighted by atomic mass is 16.5. The third kappa shape index (κ3) is 4.68. The van der Waals surface area contributed by atoms with Gasteiger partial charge in [0, 0.05) is 0 Å². The Hall–Kier alpha value is -2.63. The first-order valence-electron chi connectivity index (χ1n) is 8.25. The number of rotatable bonds is 5. The average Bonchev–Trinajstić information content (AvgIpc) is 2.52. The number of carbonyl (C=O) groups excluding carboxylic acids is 1. The van der Waals surface area contributed by atoms with Crippen LogP contribution in [-0.2, 0) is 16.8 Å². The molecule has 0 unspecified atom stereocenters. The van der Waals surface area contributed by atoms with E-state index in [-0.39, 0.29) is 24.6 Å². The molecule has 0 aliphatic rings. The van der Waals surface area contributed by atoms with Crippen LogP contribution in [-0.4, -0.2) is 22.5 Å². The molecule has 0 fully saturated rings. The summed E-state index contributed by atoms with van der Waals surface area (Å²) in [6.07, 6.45) is 0. The quantitative estimate of drug-likeness (QED) is 0.837. The van der Waals surface area contributed by atoms with E-state index >= 15 is 0 Å². The molecule has 2 rings (SSSR count). The number of anilines is 1. The van der Waals surface area contributed by atoms with E-state index in [1.165, 1.54) is 5.56 Å². The number of nitrogens with two attached hydrogens (primary N) is 1. The Balaban J connectivity index is 2.21. The van der Waals surface area contributed by atoms with Gasteiger partial charge in [-0.2, -0.15) is 0 Å². The smallest absolute Gasteiger partial charge is 0.341 e. The molecule has 0 bridgehead atoms. The lowest BCUT2D eigenvalue weighted by molar-refractivity contribution is 0.0521. The van der Waals surface area contributed by atoms with Gasteiger partial charge < -0.3 is 15.2 Å². The second-order valence-electron chi connectivity index (χ2n) is 6.77. The number of benzene rings is 1. The Morgan fingerprint density at radius 1 is 1.16 bits per heavy atom. The summed E-state index contributed by atoms with van der Waals surface area (Å²) in [6.45, 7) is 10.3. The zero-order valence-electron chi connectivity index (χ0n) is 15.4. The maximum absolute atomic E-state index is 12.2. The van der Waals surface area contributed by atoms with Crippen molar-refractivity contribution in [1.82, 2.24) is 9.97 Å². The fourth-order valence-electron chi connectivity index (χ4n) is 2.43. The first-order chi connectivity index (χ1) is 11.7. The van der Waals surface area contributed by atoms with Gasteiger partial charge in [-0.25, -0.2) is 14.8 Å². The van der Waals surface area contributed by atoms with Crippen LogP contribution in [0.25, 0.3) is 0 Å². The molecule has 1 heterocycles. The van der Waals surface area contributed by atoms with E-state index < -0.39 is 5.97 Å². The molecule has 1 aromatic carbocycles.